The van der Waals surface area contributed by atoms with Gasteiger partial charge in [0.2, 0.25) is 0 Å². The van der Waals surface area contributed by atoms with Gasteiger partial charge in [-0.1, -0.05) is 18.9 Å². The van der Waals surface area contributed by atoms with E-state index in [4.69, 9.17) is 0 Å². The molecule has 0 atom stereocenters. The number of halogens is 1. The van der Waals surface area contributed by atoms with Gasteiger partial charge < -0.3 is 17.7 Å². The average molecular weight is 295 g/mol. The number of nitrogens with one attached hydrogen (secondary N) is 1. The molecule has 1 saturated carbocycles. The van der Waals surface area contributed by atoms with E-state index in [-0.39, 0.29) is 18.1 Å². The maximum atomic E-state index is 11.9. The highest BCUT2D eigenvalue weighted by Crippen LogP contribution is 2.19. The third kappa shape index (κ3) is 2.63. The number of fused-ring (bicyclic) bond motifs is 1. The van der Waals surface area contributed by atoms with Gasteiger partial charge in [-0.2, -0.15) is 0 Å². The predicted molar refractivity (Wildman–Crippen MR) is 77.3 cm³/mol. The third-order valence-corrected chi connectivity index (χ3v) is 4.29. The van der Waals surface area contributed by atoms with Crippen LogP contribution in [0.15, 0.2) is 23.0 Å². The van der Waals surface area contributed by atoms with Crippen molar-refractivity contribution >= 4 is 11.0 Å². The number of aromatic nitrogens is 2. The summed E-state index contributed by atoms with van der Waals surface area (Å²) in [5, 5.41) is 3.61. The first-order valence-electron chi connectivity index (χ1n) is 7.04. The first kappa shape index (κ1) is 15.1. The zero-order valence-corrected chi connectivity index (χ0v) is 12.8. The molecule has 1 aromatic heterocycles. The maximum Gasteiger partial charge on any atom is 0.328 e. The highest BCUT2D eigenvalue weighted by molar-refractivity contribution is 5.76. The molecule has 4 nitrogen and oxygen atoms in total. The van der Waals surface area contributed by atoms with Gasteiger partial charge in [0.25, 0.3) is 0 Å². The molecule has 110 valence electrons. The molecule has 1 aliphatic rings. The number of nitrogens with zero attached hydrogens (tertiary/aromatic N) is 2. The highest BCUT2D eigenvalue weighted by atomic mass is 35.5. The van der Waals surface area contributed by atoms with Gasteiger partial charge in [0, 0.05) is 26.7 Å². The molecule has 5 heteroatoms. The second kappa shape index (κ2) is 6.02. The molecule has 0 aliphatic heterocycles. The van der Waals surface area contributed by atoms with E-state index in [1.165, 1.54) is 31.2 Å². The molecule has 3 rings (SSSR count). The van der Waals surface area contributed by atoms with Crippen LogP contribution in [-0.4, -0.2) is 15.2 Å². The fourth-order valence-electron chi connectivity index (χ4n) is 3.05. The lowest BCUT2D eigenvalue weighted by Crippen LogP contribution is -3.00. The zero-order chi connectivity index (χ0) is 13.4. The molecule has 0 radical (unpaired) electrons. The van der Waals surface area contributed by atoms with Crippen LogP contribution >= 0.6 is 0 Å². The zero-order valence-electron chi connectivity index (χ0n) is 12.0. The predicted octanol–water partition coefficient (Wildman–Crippen LogP) is -1.09. The standard InChI is InChI=1S/C15H21N3O.ClH/c1-17-13-8-7-11(9-14(13)18(2)15(17)19)10-16-12-5-3-4-6-12;/h7-9,12,16H,3-6,10H2,1-2H3;1H/p-1. The van der Waals surface area contributed by atoms with Crippen molar-refractivity contribution in [3.05, 3.63) is 34.2 Å². The van der Waals surface area contributed by atoms with Crippen molar-refractivity contribution in [3.8, 4) is 0 Å². The van der Waals surface area contributed by atoms with Crippen LogP contribution in [0, 0.1) is 0 Å². The number of rotatable bonds is 3. The smallest absolute Gasteiger partial charge is 0.328 e. The molecular weight excluding hydrogens is 274 g/mol. The monoisotopic (exact) mass is 294 g/mol. The van der Waals surface area contributed by atoms with Crippen molar-refractivity contribution in [2.75, 3.05) is 0 Å². The van der Waals surface area contributed by atoms with Crippen molar-refractivity contribution < 1.29 is 12.4 Å². The van der Waals surface area contributed by atoms with Crippen LogP contribution in [0.3, 0.4) is 0 Å². The van der Waals surface area contributed by atoms with Crippen LogP contribution in [0.1, 0.15) is 31.2 Å². The summed E-state index contributed by atoms with van der Waals surface area (Å²) in [7, 11) is 3.65. The fourth-order valence-corrected chi connectivity index (χ4v) is 3.05. The highest BCUT2D eigenvalue weighted by Gasteiger charge is 2.14. The number of hydrogen-bond acceptors (Lipinski definition) is 2. The van der Waals surface area contributed by atoms with E-state index in [0.717, 1.165) is 17.6 Å². The molecule has 1 aromatic carbocycles. The molecule has 1 N–H and O–H groups in total. The minimum Gasteiger partial charge on any atom is -1.00 e. The Morgan fingerprint density at radius 3 is 2.50 bits per heavy atom. The molecular formula is C15H21ClN3O-. The van der Waals surface area contributed by atoms with Crippen LogP contribution in [0.5, 0.6) is 0 Å². The Morgan fingerprint density at radius 1 is 1.15 bits per heavy atom. The largest absolute Gasteiger partial charge is 1.00 e. The van der Waals surface area contributed by atoms with E-state index in [0.29, 0.717) is 6.04 Å². The van der Waals surface area contributed by atoms with Crippen molar-refractivity contribution in [3.63, 3.8) is 0 Å². The van der Waals surface area contributed by atoms with Gasteiger partial charge in [-0.3, -0.25) is 9.13 Å². The van der Waals surface area contributed by atoms with Crippen LogP contribution < -0.4 is 23.4 Å². The summed E-state index contributed by atoms with van der Waals surface area (Å²) in [6.45, 7) is 0.893. The molecule has 1 fully saturated rings. The molecule has 2 aromatic rings. The first-order valence-corrected chi connectivity index (χ1v) is 7.04. The van der Waals surface area contributed by atoms with Gasteiger partial charge in [0.15, 0.2) is 0 Å². The van der Waals surface area contributed by atoms with Crippen LogP contribution in [0.2, 0.25) is 0 Å². The lowest BCUT2D eigenvalue weighted by atomic mass is 10.1. The molecule has 0 unspecified atom stereocenters. The molecule has 20 heavy (non-hydrogen) atoms. The molecule has 1 aliphatic carbocycles. The van der Waals surface area contributed by atoms with E-state index in [9.17, 15) is 4.79 Å². The minimum atomic E-state index is 0. The minimum absolute atomic E-state index is 0. The number of benzene rings is 1. The number of hydrogen-bond donors (Lipinski definition) is 1. The summed E-state index contributed by atoms with van der Waals surface area (Å²) in [6.07, 6.45) is 5.30. The molecule has 0 saturated heterocycles. The lowest BCUT2D eigenvalue weighted by Gasteiger charge is -2.11. The second-order valence-corrected chi connectivity index (χ2v) is 5.59. The van der Waals surface area contributed by atoms with E-state index in [1.54, 1.807) is 9.13 Å². The Balaban J connectivity index is 0.00000147. The average Bonchev–Trinajstić information content (AvgIpc) is 3.01. The molecule has 0 amide bonds. The topological polar surface area (TPSA) is 39.0 Å². The summed E-state index contributed by atoms with van der Waals surface area (Å²) in [5.41, 5.74) is 3.30. The SMILES string of the molecule is Cn1c(=O)n(C)c2cc(CNC3CCCC3)ccc21.[Cl-]. The Bertz CT molecular complexity index is 653. The Hall–Kier alpha value is -1.26. The van der Waals surface area contributed by atoms with Gasteiger partial charge in [-0.15, -0.1) is 0 Å². The van der Waals surface area contributed by atoms with E-state index in [1.807, 2.05) is 20.2 Å². The van der Waals surface area contributed by atoms with Crippen molar-refractivity contribution in [2.24, 2.45) is 14.1 Å². The number of imidazole rings is 1. The van der Waals surface area contributed by atoms with Gasteiger partial charge in [0.05, 0.1) is 11.0 Å². The van der Waals surface area contributed by atoms with Crippen LogP contribution in [0.4, 0.5) is 0 Å². The summed E-state index contributed by atoms with van der Waals surface area (Å²) >= 11 is 0. The van der Waals surface area contributed by atoms with Gasteiger partial charge in [0.1, 0.15) is 0 Å². The van der Waals surface area contributed by atoms with Crippen molar-refractivity contribution in [2.45, 2.75) is 38.3 Å². The number of aryl methyl sites for hydroxylation is 2. The second-order valence-electron chi connectivity index (χ2n) is 5.59. The van der Waals surface area contributed by atoms with Gasteiger partial charge in [-0.05, 0) is 30.5 Å². The summed E-state index contributed by atoms with van der Waals surface area (Å²) in [5.74, 6) is 0. The fraction of sp³-hybridized carbons (Fsp3) is 0.533. The Labute approximate surface area is 125 Å². The summed E-state index contributed by atoms with van der Waals surface area (Å²) < 4.78 is 3.41. The molecule has 0 spiro atoms. The first-order chi connectivity index (χ1) is 9.16. The lowest BCUT2D eigenvalue weighted by molar-refractivity contribution is -0.00000413. The van der Waals surface area contributed by atoms with Crippen molar-refractivity contribution in [1.29, 1.82) is 0 Å². The summed E-state index contributed by atoms with van der Waals surface area (Å²) in [6, 6.07) is 6.96. The van der Waals surface area contributed by atoms with Gasteiger partial charge in [-0.25, -0.2) is 4.79 Å². The van der Waals surface area contributed by atoms with E-state index < -0.39 is 0 Å². The van der Waals surface area contributed by atoms with E-state index in [2.05, 4.69) is 17.4 Å². The third-order valence-electron chi connectivity index (χ3n) is 4.29. The quantitative estimate of drug-likeness (QED) is 0.782. The maximum absolute atomic E-state index is 11.9. The Morgan fingerprint density at radius 2 is 1.80 bits per heavy atom. The van der Waals surface area contributed by atoms with E-state index >= 15 is 0 Å². The van der Waals surface area contributed by atoms with Crippen LogP contribution in [0.25, 0.3) is 11.0 Å². The normalized spacial score (nSPS) is 15.7. The van der Waals surface area contributed by atoms with Gasteiger partial charge >= 0.3 is 5.69 Å². The molecule has 0 bridgehead atoms. The summed E-state index contributed by atoms with van der Waals surface area (Å²) in [4.78, 5) is 11.9. The van der Waals surface area contributed by atoms with Crippen LogP contribution in [-0.2, 0) is 20.6 Å². The molecule has 1 heterocycles. The van der Waals surface area contributed by atoms with Crippen molar-refractivity contribution in [1.82, 2.24) is 14.5 Å². The Kier molecular flexibility index (Phi) is 4.55.